The van der Waals surface area contributed by atoms with Crippen molar-refractivity contribution in [3.63, 3.8) is 0 Å². The minimum atomic E-state index is 0.581. The first-order valence-corrected chi connectivity index (χ1v) is 4.64. The normalized spacial score (nSPS) is 10.6. The highest BCUT2D eigenvalue weighted by Gasteiger charge is 2.11. The number of carbonyl (C=O) groups excluding carboxylic acids is 1. The summed E-state index contributed by atoms with van der Waals surface area (Å²) < 4.78 is 7.03. The molecule has 15 heavy (non-hydrogen) atoms. The molecule has 0 spiro atoms. The van der Waals surface area contributed by atoms with Crippen molar-refractivity contribution < 1.29 is 9.53 Å². The molecule has 0 radical (unpaired) electrons. The fourth-order valence-corrected chi connectivity index (χ4v) is 1.69. The predicted molar refractivity (Wildman–Crippen MR) is 57.4 cm³/mol. The van der Waals surface area contributed by atoms with E-state index in [1.807, 2.05) is 14.0 Å². The number of aldehydes is 1. The molecule has 0 aliphatic heterocycles. The molecule has 0 unspecified atom stereocenters. The number of methoxy groups -OCH3 is 1. The van der Waals surface area contributed by atoms with Crippen LogP contribution in [-0.4, -0.2) is 23.2 Å². The minimum Gasteiger partial charge on any atom is -0.496 e. The van der Waals surface area contributed by atoms with Crippen LogP contribution in [-0.2, 0) is 7.05 Å². The highest BCUT2D eigenvalue weighted by molar-refractivity contribution is 5.93. The second kappa shape index (κ2) is 3.38. The van der Waals surface area contributed by atoms with E-state index in [2.05, 4.69) is 5.10 Å². The molecule has 4 nitrogen and oxygen atoms in total. The first kappa shape index (κ1) is 9.71. The lowest BCUT2D eigenvalue weighted by atomic mass is 10.1. The van der Waals surface area contributed by atoms with Gasteiger partial charge in [-0.3, -0.25) is 9.48 Å². The Bertz CT molecular complexity index is 529. The molecule has 0 amide bonds. The summed E-state index contributed by atoms with van der Waals surface area (Å²) in [5.41, 5.74) is 2.40. The monoisotopic (exact) mass is 204 g/mol. The van der Waals surface area contributed by atoms with Crippen LogP contribution in [0.2, 0.25) is 0 Å². The van der Waals surface area contributed by atoms with Crippen molar-refractivity contribution in [1.29, 1.82) is 0 Å². The van der Waals surface area contributed by atoms with Crippen LogP contribution in [0.15, 0.2) is 12.1 Å². The molecule has 0 fully saturated rings. The first-order chi connectivity index (χ1) is 7.17. The molecule has 0 atom stereocenters. The van der Waals surface area contributed by atoms with E-state index in [0.29, 0.717) is 11.3 Å². The summed E-state index contributed by atoms with van der Waals surface area (Å²) in [6.07, 6.45) is 0.798. The average molecular weight is 204 g/mol. The van der Waals surface area contributed by atoms with Gasteiger partial charge in [0.05, 0.1) is 18.0 Å². The molecule has 1 aromatic heterocycles. The molecular formula is C11H12N2O2. The molecular weight excluding hydrogens is 192 g/mol. The topological polar surface area (TPSA) is 44.1 Å². The molecule has 1 aromatic carbocycles. The predicted octanol–water partition coefficient (Wildman–Crippen LogP) is 1.70. The number of aryl methyl sites for hydroxylation is 2. The molecule has 78 valence electrons. The number of rotatable bonds is 2. The number of hydrogen-bond acceptors (Lipinski definition) is 3. The Morgan fingerprint density at radius 1 is 1.47 bits per heavy atom. The van der Waals surface area contributed by atoms with Crippen LogP contribution >= 0.6 is 0 Å². The molecule has 2 rings (SSSR count). The van der Waals surface area contributed by atoms with E-state index >= 15 is 0 Å². The third-order valence-electron chi connectivity index (χ3n) is 2.56. The lowest BCUT2D eigenvalue weighted by molar-refractivity contribution is 0.112. The summed E-state index contributed by atoms with van der Waals surface area (Å²) in [4.78, 5) is 10.7. The standard InChI is InChI=1S/C11H12N2O2/c1-7-11-9(12-13(7)2)4-8(6-14)5-10(11)15-3/h4-6H,1-3H3. The molecule has 0 aliphatic carbocycles. The third-order valence-corrected chi connectivity index (χ3v) is 2.56. The van der Waals surface area contributed by atoms with Crippen molar-refractivity contribution in [2.45, 2.75) is 6.92 Å². The average Bonchev–Trinajstić information content (AvgIpc) is 2.53. The Hall–Kier alpha value is -1.84. The summed E-state index contributed by atoms with van der Waals surface area (Å²) in [6, 6.07) is 3.49. The van der Waals surface area contributed by atoms with Crippen LogP contribution in [0.1, 0.15) is 16.1 Å². The van der Waals surface area contributed by atoms with Gasteiger partial charge in [-0.05, 0) is 19.1 Å². The summed E-state index contributed by atoms with van der Waals surface area (Å²) in [5.74, 6) is 0.695. The Kier molecular flexibility index (Phi) is 2.19. The first-order valence-electron chi connectivity index (χ1n) is 4.64. The number of fused-ring (bicyclic) bond motifs is 1. The summed E-state index contributed by atoms with van der Waals surface area (Å²) in [5, 5.41) is 5.27. The van der Waals surface area contributed by atoms with Gasteiger partial charge in [0.2, 0.25) is 0 Å². The smallest absolute Gasteiger partial charge is 0.150 e. The Balaban J connectivity index is 2.86. The van der Waals surface area contributed by atoms with E-state index in [9.17, 15) is 4.79 Å². The van der Waals surface area contributed by atoms with Gasteiger partial charge in [-0.25, -0.2) is 0 Å². The van der Waals surface area contributed by atoms with Gasteiger partial charge < -0.3 is 4.74 Å². The molecule has 0 saturated carbocycles. The van der Waals surface area contributed by atoms with E-state index in [0.717, 1.165) is 22.9 Å². The van der Waals surface area contributed by atoms with Gasteiger partial charge >= 0.3 is 0 Å². The van der Waals surface area contributed by atoms with Gasteiger partial charge in [-0.2, -0.15) is 5.10 Å². The maximum Gasteiger partial charge on any atom is 0.150 e. The van der Waals surface area contributed by atoms with Crippen LogP contribution in [0, 0.1) is 6.92 Å². The highest BCUT2D eigenvalue weighted by Crippen LogP contribution is 2.29. The number of benzene rings is 1. The van der Waals surface area contributed by atoms with E-state index < -0.39 is 0 Å². The van der Waals surface area contributed by atoms with Crippen LogP contribution in [0.5, 0.6) is 5.75 Å². The quantitative estimate of drug-likeness (QED) is 0.699. The zero-order valence-corrected chi connectivity index (χ0v) is 8.94. The number of aromatic nitrogens is 2. The highest BCUT2D eigenvalue weighted by atomic mass is 16.5. The van der Waals surface area contributed by atoms with E-state index in [1.54, 1.807) is 23.9 Å². The summed E-state index contributed by atoms with van der Waals surface area (Å²) in [7, 11) is 3.46. The lowest BCUT2D eigenvalue weighted by Crippen LogP contribution is -1.92. The molecule has 4 heteroatoms. The molecule has 1 heterocycles. The second-order valence-corrected chi connectivity index (χ2v) is 3.44. The van der Waals surface area contributed by atoms with E-state index in [1.165, 1.54) is 0 Å². The summed E-state index contributed by atoms with van der Waals surface area (Å²) >= 11 is 0. The molecule has 0 N–H and O–H groups in total. The van der Waals surface area contributed by atoms with Crippen molar-refractivity contribution in [3.8, 4) is 5.75 Å². The van der Waals surface area contributed by atoms with E-state index in [-0.39, 0.29) is 0 Å². The largest absolute Gasteiger partial charge is 0.496 e. The third kappa shape index (κ3) is 1.38. The Morgan fingerprint density at radius 2 is 2.20 bits per heavy atom. The lowest BCUT2D eigenvalue weighted by Gasteiger charge is -2.02. The van der Waals surface area contributed by atoms with Crippen molar-refractivity contribution >= 4 is 17.2 Å². The zero-order valence-electron chi connectivity index (χ0n) is 8.94. The molecule has 2 aromatic rings. The SMILES string of the molecule is COc1cc(C=O)cc2nn(C)c(C)c12. The van der Waals surface area contributed by atoms with Crippen molar-refractivity contribution in [3.05, 3.63) is 23.4 Å². The molecule has 0 aliphatic rings. The van der Waals surface area contributed by atoms with Gasteiger partial charge in [0.25, 0.3) is 0 Å². The van der Waals surface area contributed by atoms with Gasteiger partial charge in [0.1, 0.15) is 12.0 Å². The number of ether oxygens (including phenoxy) is 1. The fraction of sp³-hybridized carbons (Fsp3) is 0.273. The Morgan fingerprint density at radius 3 is 2.80 bits per heavy atom. The fourth-order valence-electron chi connectivity index (χ4n) is 1.69. The second-order valence-electron chi connectivity index (χ2n) is 3.44. The van der Waals surface area contributed by atoms with Gasteiger partial charge in [-0.1, -0.05) is 0 Å². The van der Waals surface area contributed by atoms with Gasteiger partial charge in [-0.15, -0.1) is 0 Å². The Labute approximate surface area is 87.5 Å². The summed E-state index contributed by atoms with van der Waals surface area (Å²) in [6.45, 7) is 1.97. The number of carbonyl (C=O) groups is 1. The van der Waals surface area contributed by atoms with Crippen LogP contribution in [0.4, 0.5) is 0 Å². The van der Waals surface area contributed by atoms with Crippen LogP contribution in [0.25, 0.3) is 10.9 Å². The van der Waals surface area contributed by atoms with Gasteiger partial charge in [0.15, 0.2) is 0 Å². The van der Waals surface area contributed by atoms with E-state index in [4.69, 9.17) is 4.74 Å². The molecule has 0 bridgehead atoms. The number of nitrogens with zero attached hydrogens (tertiary/aromatic N) is 2. The minimum absolute atomic E-state index is 0.581. The van der Waals surface area contributed by atoms with Crippen LogP contribution in [0.3, 0.4) is 0 Å². The maximum atomic E-state index is 10.7. The zero-order chi connectivity index (χ0) is 11.0. The number of hydrogen-bond donors (Lipinski definition) is 0. The van der Waals surface area contributed by atoms with Crippen molar-refractivity contribution in [2.24, 2.45) is 7.05 Å². The van der Waals surface area contributed by atoms with Crippen molar-refractivity contribution in [1.82, 2.24) is 9.78 Å². The van der Waals surface area contributed by atoms with Crippen molar-refractivity contribution in [2.75, 3.05) is 7.11 Å². The molecule has 0 saturated heterocycles. The van der Waals surface area contributed by atoms with Gasteiger partial charge in [0, 0.05) is 18.3 Å². The van der Waals surface area contributed by atoms with Crippen LogP contribution < -0.4 is 4.74 Å². The maximum absolute atomic E-state index is 10.7.